The highest BCUT2D eigenvalue weighted by Crippen LogP contribution is 2.27. The molecule has 13 heavy (non-hydrogen) atoms. The van der Waals surface area contributed by atoms with Crippen LogP contribution in [-0.2, 0) is 4.74 Å². The number of ether oxygens (including phenoxy) is 1. The average Bonchev–Trinajstić information content (AvgIpc) is 2.05. The van der Waals surface area contributed by atoms with Crippen LogP contribution in [0.5, 0.6) is 0 Å². The molecule has 1 saturated heterocycles. The van der Waals surface area contributed by atoms with Crippen molar-refractivity contribution >= 4 is 0 Å². The first-order chi connectivity index (χ1) is 6.05. The van der Waals surface area contributed by atoms with Crippen LogP contribution in [0.15, 0.2) is 0 Å². The van der Waals surface area contributed by atoms with E-state index in [0.29, 0.717) is 12.1 Å². The summed E-state index contributed by atoms with van der Waals surface area (Å²) in [5.74, 6) is 0. The van der Waals surface area contributed by atoms with E-state index < -0.39 is 0 Å². The zero-order chi connectivity index (χ0) is 9.90. The zero-order valence-electron chi connectivity index (χ0n) is 9.39. The lowest BCUT2D eigenvalue weighted by Crippen LogP contribution is -2.49. The minimum atomic E-state index is 0.288. The molecule has 0 bridgehead atoms. The van der Waals surface area contributed by atoms with Crippen molar-refractivity contribution in [2.75, 3.05) is 13.7 Å². The van der Waals surface area contributed by atoms with Crippen molar-refractivity contribution in [3.8, 4) is 0 Å². The Balaban J connectivity index is 2.54. The van der Waals surface area contributed by atoms with Crippen LogP contribution >= 0.6 is 0 Å². The molecular weight excluding hydrogens is 162 g/mol. The lowest BCUT2D eigenvalue weighted by molar-refractivity contribution is -0.0306. The molecule has 1 aliphatic rings. The van der Waals surface area contributed by atoms with Gasteiger partial charge in [0.2, 0.25) is 0 Å². The minimum Gasteiger partial charge on any atom is -0.377 e. The third-order valence-corrected chi connectivity index (χ3v) is 2.83. The van der Waals surface area contributed by atoms with Gasteiger partial charge in [-0.05, 0) is 31.7 Å². The van der Waals surface area contributed by atoms with Crippen molar-refractivity contribution in [3.05, 3.63) is 0 Å². The van der Waals surface area contributed by atoms with Gasteiger partial charge in [0.15, 0.2) is 0 Å². The summed E-state index contributed by atoms with van der Waals surface area (Å²) < 4.78 is 5.79. The summed E-state index contributed by atoms with van der Waals surface area (Å²) in [4.78, 5) is 0. The van der Waals surface area contributed by atoms with Crippen LogP contribution in [0.4, 0.5) is 0 Å². The van der Waals surface area contributed by atoms with Crippen molar-refractivity contribution in [3.63, 3.8) is 0 Å². The van der Waals surface area contributed by atoms with E-state index in [0.717, 1.165) is 6.61 Å². The van der Waals surface area contributed by atoms with Crippen LogP contribution in [0, 0.1) is 5.41 Å². The summed E-state index contributed by atoms with van der Waals surface area (Å²) in [7, 11) is 2.04. The predicted octanol–water partition coefficient (Wildman–Crippen LogP) is 2.19. The standard InChI is InChI=1S/C11H23NO/c1-11(2,3)10(12-4)9-7-5-6-8-13-9/h9-10,12H,5-8H2,1-4H3. The van der Waals surface area contributed by atoms with Crippen LogP contribution in [0.2, 0.25) is 0 Å². The van der Waals surface area contributed by atoms with Crippen LogP contribution in [0.1, 0.15) is 40.0 Å². The van der Waals surface area contributed by atoms with Gasteiger partial charge in [-0.2, -0.15) is 0 Å². The van der Waals surface area contributed by atoms with E-state index in [9.17, 15) is 0 Å². The smallest absolute Gasteiger partial charge is 0.0733 e. The molecule has 78 valence electrons. The molecule has 2 nitrogen and oxygen atoms in total. The third-order valence-electron chi connectivity index (χ3n) is 2.83. The van der Waals surface area contributed by atoms with Gasteiger partial charge in [0.05, 0.1) is 6.10 Å². The van der Waals surface area contributed by atoms with Gasteiger partial charge < -0.3 is 10.1 Å². The molecule has 2 unspecified atom stereocenters. The largest absolute Gasteiger partial charge is 0.377 e. The van der Waals surface area contributed by atoms with Crippen molar-refractivity contribution in [2.24, 2.45) is 5.41 Å². The Morgan fingerprint density at radius 3 is 2.38 bits per heavy atom. The first kappa shape index (κ1) is 11.0. The summed E-state index contributed by atoms with van der Waals surface area (Å²) in [5, 5.41) is 3.39. The maximum absolute atomic E-state index is 5.79. The van der Waals surface area contributed by atoms with E-state index in [2.05, 4.69) is 26.1 Å². The first-order valence-electron chi connectivity index (χ1n) is 5.34. The Hall–Kier alpha value is -0.0800. The summed E-state index contributed by atoms with van der Waals surface area (Å²) in [6, 6.07) is 0.479. The van der Waals surface area contributed by atoms with E-state index >= 15 is 0 Å². The number of rotatable bonds is 2. The second-order valence-electron chi connectivity index (χ2n) is 5.04. The molecule has 0 amide bonds. The highest BCUT2D eigenvalue weighted by molar-refractivity contribution is 4.87. The number of hydrogen-bond acceptors (Lipinski definition) is 2. The summed E-state index contributed by atoms with van der Waals surface area (Å²) >= 11 is 0. The Bertz CT molecular complexity index is 145. The van der Waals surface area contributed by atoms with Gasteiger partial charge in [-0.1, -0.05) is 20.8 Å². The lowest BCUT2D eigenvalue weighted by Gasteiger charge is -2.38. The van der Waals surface area contributed by atoms with E-state index in [1.54, 1.807) is 0 Å². The van der Waals surface area contributed by atoms with Crippen molar-refractivity contribution < 1.29 is 4.74 Å². The van der Waals surface area contributed by atoms with E-state index in [1.807, 2.05) is 7.05 Å². The molecular formula is C11H23NO. The van der Waals surface area contributed by atoms with E-state index in [4.69, 9.17) is 4.74 Å². The molecule has 1 N–H and O–H groups in total. The average molecular weight is 185 g/mol. The highest BCUT2D eigenvalue weighted by Gasteiger charge is 2.32. The first-order valence-corrected chi connectivity index (χ1v) is 5.34. The van der Waals surface area contributed by atoms with Gasteiger partial charge in [0, 0.05) is 12.6 Å². The molecule has 1 rings (SSSR count). The SMILES string of the molecule is CNC(C1CCCCO1)C(C)(C)C. The second kappa shape index (κ2) is 4.43. The third kappa shape index (κ3) is 2.96. The second-order valence-corrected chi connectivity index (χ2v) is 5.04. The molecule has 1 heterocycles. The number of hydrogen-bond donors (Lipinski definition) is 1. The van der Waals surface area contributed by atoms with Gasteiger partial charge >= 0.3 is 0 Å². The normalized spacial score (nSPS) is 27.2. The fraction of sp³-hybridized carbons (Fsp3) is 1.00. The van der Waals surface area contributed by atoms with Crippen LogP contribution < -0.4 is 5.32 Å². The molecule has 2 atom stereocenters. The fourth-order valence-electron chi connectivity index (χ4n) is 2.21. The monoisotopic (exact) mass is 185 g/mol. The van der Waals surface area contributed by atoms with Crippen molar-refractivity contribution in [2.45, 2.75) is 52.2 Å². The quantitative estimate of drug-likeness (QED) is 0.712. The molecule has 0 aromatic heterocycles. The number of nitrogens with one attached hydrogen (secondary N) is 1. The number of likely N-dealkylation sites (N-methyl/N-ethyl adjacent to an activating group) is 1. The van der Waals surface area contributed by atoms with E-state index in [1.165, 1.54) is 19.3 Å². The fourth-order valence-corrected chi connectivity index (χ4v) is 2.21. The van der Waals surface area contributed by atoms with Gasteiger partial charge in [-0.25, -0.2) is 0 Å². The highest BCUT2D eigenvalue weighted by atomic mass is 16.5. The van der Waals surface area contributed by atoms with Crippen molar-refractivity contribution in [1.82, 2.24) is 5.32 Å². The van der Waals surface area contributed by atoms with Crippen LogP contribution in [-0.4, -0.2) is 25.8 Å². The summed E-state index contributed by atoms with van der Waals surface area (Å²) in [5.41, 5.74) is 0.288. The zero-order valence-corrected chi connectivity index (χ0v) is 9.39. The molecule has 0 aliphatic carbocycles. The molecule has 0 radical (unpaired) electrons. The van der Waals surface area contributed by atoms with Crippen LogP contribution in [0.25, 0.3) is 0 Å². The van der Waals surface area contributed by atoms with Gasteiger partial charge in [0.25, 0.3) is 0 Å². The molecule has 0 saturated carbocycles. The molecule has 1 aliphatic heterocycles. The molecule has 2 heteroatoms. The van der Waals surface area contributed by atoms with Gasteiger partial charge in [-0.3, -0.25) is 0 Å². The Morgan fingerprint density at radius 1 is 1.31 bits per heavy atom. The minimum absolute atomic E-state index is 0.288. The van der Waals surface area contributed by atoms with Crippen molar-refractivity contribution in [1.29, 1.82) is 0 Å². The molecule has 0 spiro atoms. The predicted molar refractivity (Wildman–Crippen MR) is 55.9 cm³/mol. The van der Waals surface area contributed by atoms with Gasteiger partial charge in [0.1, 0.15) is 0 Å². The topological polar surface area (TPSA) is 21.3 Å². The molecule has 0 aromatic rings. The Labute approximate surface area is 82.0 Å². The van der Waals surface area contributed by atoms with E-state index in [-0.39, 0.29) is 5.41 Å². The van der Waals surface area contributed by atoms with Gasteiger partial charge in [-0.15, -0.1) is 0 Å². The lowest BCUT2D eigenvalue weighted by atomic mass is 9.81. The Morgan fingerprint density at radius 2 is 2.00 bits per heavy atom. The maximum Gasteiger partial charge on any atom is 0.0733 e. The Kier molecular flexibility index (Phi) is 3.74. The summed E-state index contributed by atoms with van der Waals surface area (Å²) in [6.45, 7) is 7.75. The summed E-state index contributed by atoms with van der Waals surface area (Å²) in [6.07, 6.45) is 4.18. The molecule has 0 aromatic carbocycles. The van der Waals surface area contributed by atoms with Crippen LogP contribution in [0.3, 0.4) is 0 Å². The maximum atomic E-state index is 5.79. The molecule has 1 fully saturated rings.